The Balaban J connectivity index is 1.59. The van der Waals surface area contributed by atoms with Crippen LogP contribution in [0.15, 0.2) is 59.7 Å². The maximum absolute atomic E-state index is 13.1. The van der Waals surface area contributed by atoms with Crippen LogP contribution in [0, 0.1) is 6.92 Å². The molecule has 0 saturated carbocycles. The molecule has 0 aliphatic carbocycles. The van der Waals surface area contributed by atoms with E-state index in [1.54, 1.807) is 5.01 Å². The van der Waals surface area contributed by atoms with Crippen molar-refractivity contribution in [3.63, 3.8) is 0 Å². The Hall–Kier alpha value is -2.50. The number of hydrogen-bond donors (Lipinski definition) is 0. The highest BCUT2D eigenvalue weighted by molar-refractivity contribution is 6.03. The molecule has 4 rings (SSSR count). The van der Waals surface area contributed by atoms with Crippen molar-refractivity contribution >= 4 is 11.6 Å². The summed E-state index contributed by atoms with van der Waals surface area (Å²) in [6.07, 6.45) is 0.738. The monoisotopic (exact) mass is 363 g/mol. The minimum Gasteiger partial charge on any atom is -0.379 e. The van der Waals surface area contributed by atoms with Gasteiger partial charge >= 0.3 is 0 Å². The average molecular weight is 363 g/mol. The predicted octanol–water partition coefficient (Wildman–Crippen LogP) is 3.00. The number of carbonyl (C=O) groups excluding carboxylic acids is 1. The van der Waals surface area contributed by atoms with E-state index < -0.39 is 0 Å². The number of aryl methyl sites for hydroxylation is 1. The molecule has 1 fully saturated rings. The minimum atomic E-state index is -0.0469. The summed E-state index contributed by atoms with van der Waals surface area (Å²) in [6, 6.07) is 18.5. The van der Waals surface area contributed by atoms with Crippen molar-refractivity contribution in [2.45, 2.75) is 19.4 Å². The van der Waals surface area contributed by atoms with E-state index >= 15 is 0 Å². The van der Waals surface area contributed by atoms with Gasteiger partial charge < -0.3 is 4.74 Å². The summed E-state index contributed by atoms with van der Waals surface area (Å²) in [6.45, 7) is 5.43. The van der Waals surface area contributed by atoms with Crippen molar-refractivity contribution in [1.29, 1.82) is 0 Å². The van der Waals surface area contributed by atoms with Gasteiger partial charge in [0.1, 0.15) is 0 Å². The van der Waals surface area contributed by atoms with Crippen molar-refractivity contribution in [2.24, 2.45) is 5.10 Å². The van der Waals surface area contributed by atoms with Gasteiger partial charge in [-0.15, -0.1) is 0 Å². The third-order valence-electron chi connectivity index (χ3n) is 5.20. The first kappa shape index (κ1) is 17.9. The normalized spacial score (nSPS) is 20.6. The number of ether oxygens (including phenoxy) is 1. The molecule has 140 valence electrons. The molecular formula is C22H25N3O2. The number of nitrogens with zero attached hydrogens (tertiary/aromatic N) is 3. The lowest BCUT2D eigenvalue weighted by Crippen LogP contribution is -2.43. The molecule has 0 aromatic heterocycles. The SMILES string of the molecule is Cc1ccc(C2CC(c3ccccc3)=NN2C(=O)CN2CCOCC2)cc1. The number of hydrazone groups is 1. The molecule has 2 heterocycles. The zero-order valence-electron chi connectivity index (χ0n) is 15.7. The van der Waals surface area contributed by atoms with Crippen molar-refractivity contribution < 1.29 is 9.53 Å². The second-order valence-corrected chi connectivity index (χ2v) is 7.17. The van der Waals surface area contributed by atoms with Crippen LogP contribution in [0.2, 0.25) is 0 Å². The third-order valence-corrected chi connectivity index (χ3v) is 5.20. The quantitative estimate of drug-likeness (QED) is 0.839. The Morgan fingerprint density at radius 1 is 1.07 bits per heavy atom. The Morgan fingerprint density at radius 2 is 1.78 bits per heavy atom. The van der Waals surface area contributed by atoms with E-state index in [2.05, 4.69) is 48.2 Å². The van der Waals surface area contributed by atoms with Crippen molar-refractivity contribution in [3.05, 3.63) is 71.3 Å². The predicted molar refractivity (Wildman–Crippen MR) is 106 cm³/mol. The first-order valence-electron chi connectivity index (χ1n) is 9.52. The van der Waals surface area contributed by atoms with Gasteiger partial charge in [-0.2, -0.15) is 5.10 Å². The number of carbonyl (C=O) groups is 1. The van der Waals surface area contributed by atoms with Gasteiger partial charge in [-0.25, -0.2) is 5.01 Å². The standard InChI is InChI=1S/C22H25N3O2/c1-17-7-9-19(10-8-17)21-15-20(18-5-3-2-4-6-18)23-25(21)22(26)16-24-11-13-27-14-12-24/h2-10,21H,11-16H2,1H3. The van der Waals surface area contributed by atoms with Crippen LogP contribution in [0.1, 0.15) is 29.2 Å². The average Bonchev–Trinajstić information content (AvgIpc) is 3.16. The lowest BCUT2D eigenvalue weighted by atomic mass is 9.98. The number of amides is 1. The van der Waals surface area contributed by atoms with Gasteiger partial charge in [0, 0.05) is 19.5 Å². The molecule has 2 aliphatic rings. The van der Waals surface area contributed by atoms with Crippen LogP contribution in [-0.4, -0.2) is 54.4 Å². The molecule has 5 nitrogen and oxygen atoms in total. The maximum atomic E-state index is 13.1. The summed E-state index contributed by atoms with van der Waals surface area (Å²) < 4.78 is 5.39. The van der Waals surface area contributed by atoms with E-state index in [0.29, 0.717) is 19.8 Å². The summed E-state index contributed by atoms with van der Waals surface area (Å²) in [5.74, 6) is 0.0495. The molecule has 0 N–H and O–H groups in total. The maximum Gasteiger partial charge on any atom is 0.257 e. The number of benzene rings is 2. The van der Waals surface area contributed by atoms with Crippen LogP contribution in [0.5, 0.6) is 0 Å². The van der Waals surface area contributed by atoms with Crippen LogP contribution in [-0.2, 0) is 9.53 Å². The van der Waals surface area contributed by atoms with Gasteiger partial charge in [0.05, 0.1) is 31.5 Å². The molecule has 0 spiro atoms. The van der Waals surface area contributed by atoms with Gasteiger partial charge in [0.2, 0.25) is 0 Å². The second kappa shape index (κ2) is 8.03. The van der Waals surface area contributed by atoms with E-state index in [1.807, 2.05) is 18.2 Å². The van der Waals surface area contributed by atoms with Gasteiger partial charge in [0.25, 0.3) is 5.91 Å². The lowest BCUT2D eigenvalue weighted by molar-refractivity contribution is -0.135. The van der Waals surface area contributed by atoms with Crippen LogP contribution < -0.4 is 0 Å². The smallest absolute Gasteiger partial charge is 0.257 e. The summed E-state index contributed by atoms with van der Waals surface area (Å²) in [7, 11) is 0. The first-order valence-corrected chi connectivity index (χ1v) is 9.52. The highest BCUT2D eigenvalue weighted by atomic mass is 16.5. The summed E-state index contributed by atoms with van der Waals surface area (Å²) in [5.41, 5.74) is 4.39. The van der Waals surface area contributed by atoms with Gasteiger partial charge in [-0.1, -0.05) is 60.2 Å². The first-order chi connectivity index (χ1) is 13.2. The zero-order valence-corrected chi connectivity index (χ0v) is 15.7. The Kier molecular flexibility index (Phi) is 5.32. The largest absolute Gasteiger partial charge is 0.379 e. The second-order valence-electron chi connectivity index (χ2n) is 7.17. The van der Waals surface area contributed by atoms with Gasteiger partial charge in [-0.05, 0) is 18.1 Å². The highest BCUT2D eigenvalue weighted by Gasteiger charge is 2.33. The fourth-order valence-corrected chi connectivity index (χ4v) is 3.62. The van der Waals surface area contributed by atoms with Crippen LogP contribution >= 0.6 is 0 Å². The van der Waals surface area contributed by atoms with Crippen LogP contribution in [0.25, 0.3) is 0 Å². The van der Waals surface area contributed by atoms with E-state index in [4.69, 9.17) is 9.84 Å². The van der Waals surface area contributed by atoms with Crippen molar-refractivity contribution in [1.82, 2.24) is 9.91 Å². The molecule has 27 heavy (non-hydrogen) atoms. The van der Waals surface area contributed by atoms with E-state index in [1.165, 1.54) is 5.56 Å². The Morgan fingerprint density at radius 3 is 2.48 bits per heavy atom. The topological polar surface area (TPSA) is 45.1 Å². The summed E-state index contributed by atoms with van der Waals surface area (Å²) in [4.78, 5) is 15.2. The molecule has 5 heteroatoms. The van der Waals surface area contributed by atoms with Crippen LogP contribution in [0.3, 0.4) is 0 Å². The fourth-order valence-electron chi connectivity index (χ4n) is 3.62. The number of morpholine rings is 1. The van der Waals surface area contributed by atoms with Crippen molar-refractivity contribution in [3.8, 4) is 0 Å². The number of rotatable bonds is 4. The molecule has 1 saturated heterocycles. The summed E-state index contributed by atoms with van der Waals surface area (Å²) >= 11 is 0. The molecule has 1 amide bonds. The molecule has 2 aromatic carbocycles. The van der Waals surface area contributed by atoms with Crippen LogP contribution in [0.4, 0.5) is 0 Å². The molecule has 1 unspecified atom stereocenters. The lowest BCUT2D eigenvalue weighted by Gasteiger charge is -2.29. The molecule has 1 atom stereocenters. The zero-order chi connectivity index (χ0) is 18.6. The van der Waals surface area contributed by atoms with Crippen molar-refractivity contribution in [2.75, 3.05) is 32.8 Å². The minimum absolute atomic E-state index is 0.0469. The molecular weight excluding hydrogens is 338 g/mol. The van der Waals surface area contributed by atoms with Gasteiger partial charge in [0.15, 0.2) is 0 Å². The molecule has 2 aromatic rings. The highest BCUT2D eigenvalue weighted by Crippen LogP contribution is 2.33. The fraction of sp³-hybridized carbons (Fsp3) is 0.364. The van der Waals surface area contributed by atoms with Gasteiger partial charge in [-0.3, -0.25) is 9.69 Å². The molecule has 0 radical (unpaired) electrons. The third kappa shape index (κ3) is 4.10. The Bertz CT molecular complexity index is 811. The Labute approximate surface area is 160 Å². The van der Waals surface area contributed by atoms with E-state index in [9.17, 15) is 4.79 Å². The van der Waals surface area contributed by atoms with E-state index in [0.717, 1.165) is 36.3 Å². The van der Waals surface area contributed by atoms with E-state index in [-0.39, 0.29) is 11.9 Å². The number of hydrogen-bond acceptors (Lipinski definition) is 4. The summed E-state index contributed by atoms with van der Waals surface area (Å²) in [5, 5.41) is 6.44. The molecule has 2 aliphatic heterocycles. The molecule has 0 bridgehead atoms.